The van der Waals surface area contributed by atoms with Crippen LogP contribution in [0.25, 0.3) is 0 Å². The Hall–Kier alpha value is -2.85. The summed E-state index contributed by atoms with van der Waals surface area (Å²) in [4.78, 5) is 9.01. The van der Waals surface area contributed by atoms with Crippen molar-refractivity contribution < 1.29 is 9.13 Å². The van der Waals surface area contributed by atoms with Crippen LogP contribution in [0.2, 0.25) is 5.02 Å². The second-order valence-corrected chi connectivity index (χ2v) is 7.35. The number of nitrogens with one attached hydrogen (secondary N) is 1. The number of fused-ring (bicyclic) bond motifs is 1. The largest absolute Gasteiger partial charge is 0.381 e. The summed E-state index contributed by atoms with van der Waals surface area (Å²) >= 11 is 5.90. The summed E-state index contributed by atoms with van der Waals surface area (Å²) in [5.41, 5.74) is 1.40. The molecule has 3 aliphatic rings. The number of hydrogen-bond acceptors (Lipinski definition) is 8. The lowest BCUT2D eigenvalue weighted by molar-refractivity contribution is 0.0662. The normalized spacial score (nSPS) is 21.7. The molecule has 1 fully saturated rings. The average Bonchev–Trinajstić information content (AvgIpc) is 3.38. The van der Waals surface area contributed by atoms with Crippen LogP contribution in [-0.4, -0.2) is 47.4 Å². The van der Waals surface area contributed by atoms with E-state index in [1.165, 1.54) is 12.1 Å². The first-order chi connectivity index (χ1) is 14.2. The van der Waals surface area contributed by atoms with E-state index in [1.807, 2.05) is 10.9 Å². The molecular weight excluding hydrogens is 399 g/mol. The standard InChI is InChI=1S/C18H18ClFN8O/c19-14-7-13(1-2-15(14)20)28-17-16(25-26-28)9-21-18(24-17)23-11-8-22-27(10-11)12-3-5-29-6-4-12/h1-2,7-8,10,12,16H,3-6,9H2,(H,21,23). The smallest absolute Gasteiger partial charge is 0.224 e. The van der Waals surface area contributed by atoms with Crippen LogP contribution in [0.5, 0.6) is 0 Å². The van der Waals surface area contributed by atoms with Gasteiger partial charge in [-0.15, -0.1) is 0 Å². The van der Waals surface area contributed by atoms with Gasteiger partial charge in [-0.2, -0.15) is 20.2 Å². The molecule has 11 heteroatoms. The quantitative estimate of drug-likeness (QED) is 0.829. The van der Waals surface area contributed by atoms with E-state index in [1.54, 1.807) is 17.3 Å². The molecule has 1 unspecified atom stereocenters. The Morgan fingerprint density at radius 3 is 2.93 bits per heavy atom. The van der Waals surface area contributed by atoms with Crippen molar-refractivity contribution in [2.45, 2.75) is 24.9 Å². The molecule has 29 heavy (non-hydrogen) atoms. The molecule has 150 valence electrons. The lowest BCUT2D eigenvalue weighted by Gasteiger charge is -2.22. The summed E-state index contributed by atoms with van der Waals surface area (Å²) in [5.74, 6) is 0.578. The van der Waals surface area contributed by atoms with Crippen molar-refractivity contribution in [3.63, 3.8) is 0 Å². The molecule has 1 N–H and O–H groups in total. The Labute approximate surface area is 170 Å². The highest BCUT2D eigenvalue weighted by Crippen LogP contribution is 2.28. The van der Waals surface area contributed by atoms with E-state index in [4.69, 9.17) is 16.3 Å². The summed E-state index contributed by atoms with van der Waals surface area (Å²) in [7, 11) is 0. The number of rotatable bonds is 3. The second kappa shape index (κ2) is 7.53. The zero-order chi connectivity index (χ0) is 19.8. The van der Waals surface area contributed by atoms with E-state index in [0.717, 1.165) is 31.7 Å². The van der Waals surface area contributed by atoms with Crippen molar-refractivity contribution >= 4 is 34.8 Å². The average molecular weight is 417 g/mol. The minimum Gasteiger partial charge on any atom is -0.381 e. The van der Waals surface area contributed by atoms with Crippen molar-refractivity contribution in [3.05, 3.63) is 41.4 Å². The third-order valence-corrected chi connectivity index (χ3v) is 5.29. The Bertz CT molecular complexity index is 1010. The molecule has 1 saturated heterocycles. The third-order valence-electron chi connectivity index (χ3n) is 5.00. The van der Waals surface area contributed by atoms with Gasteiger partial charge in [-0.1, -0.05) is 16.8 Å². The Kier molecular flexibility index (Phi) is 4.72. The van der Waals surface area contributed by atoms with Crippen molar-refractivity contribution in [2.24, 2.45) is 20.3 Å². The zero-order valence-corrected chi connectivity index (χ0v) is 16.1. The molecule has 3 aliphatic heterocycles. The molecule has 5 rings (SSSR count). The Balaban J connectivity index is 1.33. The maximum absolute atomic E-state index is 13.5. The number of hydrogen-bond donors (Lipinski definition) is 1. The number of benzene rings is 1. The van der Waals surface area contributed by atoms with Crippen LogP contribution in [-0.2, 0) is 4.74 Å². The first kappa shape index (κ1) is 18.2. The van der Waals surface area contributed by atoms with Crippen molar-refractivity contribution in [1.82, 2.24) is 9.78 Å². The topological polar surface area (TPSA) is 91.8 Å². The fraction of sp³-hybridized carbons (Fsp3) is 0.389. The summed E-state index contributed by atoms with van der Waals surface area (Å²) in [6, 6.07) is 4.45. The molecule has 9 nitrogen and oxygen atoms in total. The molecular formula is C18H18ClFN8O. The molecule has 1 aromatic carbocycles. The highest BCUT2D eigenvalue weighted by atomic mass is 35.5. The first-order valence-corrected chi connectivity index (χ1v) is 9.73. The van der Waals surface area contributed by atoms with Crippen molar-refractivity contribution in [1.29, 1.82) is 0 Å². The number of nitrogens with zero attached hydrogens (tertiary/aromatic N) is 7. The summed E-state index contributed by atoms with van der Waals surface area (Å²) in [5, 5.41) is 17.6. The number of anilines is 2. The molecule has 0 bridgehead atoms. The number of aliphatic imine (C=N–C) groups is 2. The highest BCUT2D eigenvalue weighted by molar-refractivity contribution is 6.31. The molecule has 1 atom stereocenters. The maximum atomic E-state index is 13.5. The van der Waals surface area contributed by atoms with Gasteiger partial charge in [0.1, 0.15) is 5.82 Å². The first-order valence-electron chi connectivity index (χ1n) is 9.35. The number of amidine groups is 1. The Morgan fingerprint density at radius 2 is 2.10 bits per heavy atom. The number of aromatic nitrogens is 2. The molecule has 2 aromatic rings. The fourth-order valence-electron chi connectivity index (χ4n) is 3.46. The van der Waals surface area contributed by atoms with Crippen LogP contribution >= 0.6 is 11.6 Å². The van der Waals surface area contributed by atoms with Gasteiger partial charge in [0.25, 0.3) is 0 Å². The van der Waals surface area contributed by atoms with Gasteiger partial charge in [-0.05, 0) is 31.0 Å². The van der Waals surface area contributed by atoms with Gasteiger partial charge in [-0.25, -0.2) is 9.38 Å². The highest BCUT2D eigenvalue weighted by Gasteiger charge is 2.32. The SMILES string of the molecule is Fc1ccc(N2N=NC3CN=C(Nc4cnn(C5CCOCC5)c4)N=C32)cc1Cl. The minimum absolute atomic E-state index is 0.0186. The predicted molar refractivity (Wildman–Crippen MR) is 107 cm³/mol. The van der Waals surface area contributed by atoms with Crippen LogP contribution in [0, 0.1) is 5.82 Å². The molecule has 0 spiro atoms. The molecule has 4 heterocycles. The van der Waals surface area contributed by atoms with E-state index in [2.05, 4.69) is 30.7 Å². The van der Waals surface area contributed by atoms with Gasteiger partial charge in [0.05, 0.1) is 35.2 Å². The van der Waals surface area contributed by atoms with Crippen LogP contribution < -0.4 is 10.3 Å². The number of ether oxygens (including phenoxy) is 1. The van der Waals surface area contributed by atoms with Gasteiger partial charge in [0.15, 0.2) is 11.9 Å². The van der Waals surface area contributed by atoms with Gasteiger partial charge < -0.3 is 10.1 Å². The van der Waals surface area contributed by atoms with Gasteiger partial charge in [0, 0.05) is 19.4 Å². The summed E-state index contributed by atoms with van der Waals surface area (Å²) < 4.78 is 20.8. The van der Waals surface area contributed by atoms with Crippen LogP contribution in [0.1, 0.15) is 18.9 Å². The number of halogens is 2. The Morgan fingerprint density at radius 1 is 1.24 bits per heavy atom. The molecule has 0 saturated carbocycles. The van der Waals surface area contributed by atoms with Crippen LogP contribution in [0.3, 0.4) is 0 Å². The van der Waals surface area contributed by atoms with Gasteiger partial charge in [0.2, 0.25) is 5.96 Å². The van der Waals surface area contributed by atoms with Crippen LogP contribution in [0.15, 0.2) is 50.9 Å². The van der Waals surface area contributed by atoms with Gasteiger partial charge in [-0.3, -0.25) is 4.68 Å². The lowest BCUT2D eigenvalue weighted by Crippen LogP contribution is -2.36. The minimum atomic E-state index is -0.487. The molecule has 1 aromatic heterocycles. The lowest BCUT2D eigenvalue weighted by atomic mass is 10.1. The molecule has 0 radical (unpaired) electrons. The van der Waals surface area contributed by atoms with E-state index in [9.17, 15) is 4.39 Å². The monoisotopic (exact) mass is 416 g/mol. The summed E-state index contributed by atoms with van der Waals surface area (Å²) in [6.07, 6.45) is 5.60. The van der Waals surface area contributed by atoms with Crippen molar-refractivity contribution in [3.8, 4) is 0 Å². The molecule has 0 amide bonds. The second-order valence-electron chi connectivity index (χ2n) is 6.94. The summed E-state index contributed by atoms with van der Waals surface area (Å²) in [6.45, 7) is 1.93. The van der Waals surface area contributed by atoms with Crippen molar-refractivity contribution in [2.75, 3.05) is 30.1 Å². The molecule has 0 aliphatic carbocycles. The fourth-order valence-corrected chi connectivity index (χ4v) is 3.63. The zero-order valence-electron chi connectivity index (χ0n) is 15.4. The van der Waals surface area contributed by atoms with E-state index < -0.39 is 5.82 Å². The van der Waals surface area contributed by atoms with E-state index >= 15 is 0 Å². The van der Waals surface area contributed by atoms with Crippen LogP contribution in [0.4, 0.5) is 15.8 Å². The van der Waals surface area contributed by atoms with E-state index in [-0.39, 0.29) is 11.1 Å². The van der Waals surface area contributed by atoms with Gasteiger partial charge >= 0.3 is 0 Å². The number of guanidine groups is 1. The third kappa shape index (κ3) is 3.60. The maximum Gasteiger partial charge on any atom is 0.224 e. The van der Waals surface area contributed by atoms with E-state index in [0.29, 0.717) is 30.1 Å². The predicted octanol–water partition coefficient (Wildman–Crippen LogP) is 3.46.